The zero-order valence-corrected chi connectivity index (χ0v) is 21.3. The fourth-order valence-electron chi connectivity index (χ4n) is 3.73. The van der Waals surface area contributed by atoms with E-state index in [0.29, 0.717) is 51.2 Å². The van der Waals surface area contributed by atoms with Crippen LogP contribution in [0.25, 0.3) is 10.9 Å². The summed E-state index contributed by atoms with van der Waals surface area (Å²) in [6, 6.07) is 14.0. The number of nitrogens with one attached hydrogen (secondary N) is 1. The fourth-order valence-corrected chi connectivity index (χ4v) is 4.74. The maximum absolute atomic E-state index is 13.6. The molecule has 0 unspecified atom stereocenters. The molecule has 0 fully saturated rings. The van der Waals surface area contributed by atoms with Crippen LogP contribution in [0.4, 0.5) is 5.69 Å². The Labute approximate surface area is 212 Å². The average molecular weight is 510 g/mol. The number of anilines is 1. The zero-order chi connectivity index (χ0) is 25.7. The minimum Gasteiger partial charge on any atom is -0.495 e. The summed E-state index contributed by atoms with van der Waals surface area (Å²) in [6.45, 7) is 2.07. The molecular weight excluding hydrogens is 482 g/mol. The number of ether oxygens (including phenoxy) is 3. The number of hydrogen-bond acceptors (Lipinski definition) is 8. The molecule has 2 aromatic heterocycles. The Morgan fingerprint density at radius 1 is 1.06 bits per heavy atom. The largest absolute Gasteiger partial charge is 0.495 e. The number of hydrogen-bond donors (Lipinski definition) is 1. The quantitative estimate of drug-likeness (QED) is 0.245. The van der Waals surface area contributed by atoms with Crippen LogP contribution in [-0.2, 0) is 11.3 Å². The van der Waals surface area contributed by atoms with E-state index in [2.05, 4.69) is 5.32 Å². The molecule has 188 valence electrons. The van der Waals surface area contributed by atoms with Gasteiger partial charge in [0, 0.05) is 6.07 Å². The van der Waals surface area contributed by atoms with Crippen LogP contribution in [0.15, 0.2) is 69.2 Å². The summed E-state index contributed by atoms with van der Waals surface area (Å²) in [7, 11) is 4.58. The fraction of sp³-hybridized carbons (Fsp3) is 0.269. The molecule has 1 atom stereocenters. The van der Waals surface area contributed by atoms with Gasteiger partial charge in [0.05, 0.1) is 56.0 Å². The summed E-state index contributed by atoms with van der Waals surface area (Å²) in [5.41, 5.74) is 0.732. The molecule has 2 aromatic carbocycles. The number of rotatable bonds is 10. The van der Waals surface area contributed by atoms with Crippen molar-refractivity contribution in [3.8, 4) is 17.2 Å². The Hall–Kier alpha value is -3.92. The predicted octanol–water partition coefficient (Wildman–Crippen LogP) is 4.57. The van der Waals surface area contributed by atoms with Crippen LogP contribution in [-0.4, -0.2) is 42.0 Å². The van der Waals surface area contributed by atoms with Crippen molar-refractivity contribution in [1.29, 1.82) is 0 Å². The van der Waals surface area contributed by atoms with Gasteiger partial charge in [0.2, 0.25) is 5.91 Å². The molecule has 2 heterocycles. The van der Waals surface area contributed by atoms with Gasteiger partial charge in [-0.2, -0.15) is 0 Å². The van der Waals surface area contributed by atoms with E-state index in [1.54, 1.807) is 49.8 Å². The number of carbonyl (C=O) groups is 1. The number of benzene rings is 2. The molecule has 0 aliphatic rings. The first-order chi connectivity index (χ1) is 17.5. The number of para-hydroxylation sites is 2. The van der Waals surface area contributed by atoms with E-state index in [1.165, 1.54) is 30.5 Å². The molecule has 0 saturated carbocycles. The van der Waals surface area contributed by atoms with Crippen molar-refractivity contribution >= 4 is 34.3 Å². The topological polar surface area (TPSA) is 105 Å². The highest BCUT2D eigenvalue weighted by Crippen LogP contribution is 2.33. The summed E-state index contributed by atoms with van der Waals surface area (Å²) < 4.78 is 23.1. The molecule has 1 amide bonds. The van der Waals surface area contributed by atoms with Crippen LogP contribution in [0.5, 0.6) is 17.2 Å². The van der Waals surface area contributed by atoms with E-state index in [9.17, 15) is 9.59 Å². The number of aromatic nitrogens is 2. The molecule has 10 heteroatoms. The first-order valence-corrected chi connectivity index (χ1v) is 12.2. The molecule has 0 bridgehead atoms. The average Bonchev–Trinajstić information content (AvgIpc) is 3.42. The lowest BCUT2D eigenvalue weighted by Crippen LogP contribution is -2.28. The van der Waals surface area contributed by atoms with Crippen LogP contribution in [0.2, 0.25) is 0 Å². The van der Waals surface area contributed by atoms with Crippen molar-refractivity contribution in [2.24, 2.45) is 0 Å². The Bertz CT molecular complexity index is 1420. The maximum Gasteiger partial charge on any atom is 0.262 e. The molecule has 0 aliphatic carbocycles. The van der Waals surface area contributed by atoms with Crippen molar-refractivity contribution in [3.63, 3.8) is 0 Å². The zero-order valence-electron chi connectivity index (χ0n) is 20.4. The van der Waals surface area contributed by atoms with Crippen LogP contribution < -0.4 is 25.1 Å². The van der Waals surface area contributed by atoms with Crippen LogP contribution in [0.3, 0.4) is 0 Å². The van der Waals surface area contributed by atoms with Crippen molar-refractivity contribution < 1.29 is 23.4 Å². The number of thioether (sulfide) groups is 1. The van der Waals surface area contributed by atoms with Gasteiger partial charge in [0.25, 0.3) is 5.56 Å². The van der Waals surface area contributed by atoms with E-state index in [0.717, 1.165) is 0 Å². The van der Waals surface area contributed by atoms with Gasteiger partial charge in [0.1, 0.15) is 11.5 Å². The number of nitrogens with zero attached hydrogens (tertiary/aromatic N) is 2. The van der Waals surface area contributed by atoms with E-state index >= 15 is 0 Å². The minimum absolute atomic E-state index is 0.163. The molecule has 0 spiro atoms. The lowest BCUT2D eigenvalue weighted by atomic mass is 10.2. The van der Waals surface area contributed by atoms with E-state index in [1.807, 2.05) is 19.1 Å². The second-order valence-electron chi connectivity index (χ2n) is 7.79. The minimum atomic E-state index is -0.526. The van der Waals surface area contributed by atoms with Gasteiger partial charge in [-0.05, 0) is 36.8 Å². The second-order valence-corrected chi connectivity index (χ2v) is 8.96. The number of fused-ring (bicyclic) bond motifs is 1. The molecule has 4 aromatic rings. The smallest absolute Gasteiger partial charge is 0.262 e. The molecule has 4 rings (SSSR count). The van der Waals surface area contributed by atoms with Gasteiger partial charge in [-0.1, -0.05) is 30.8 Å². The lowest BCUT2D eigenvalue weighted by Gasteiger charge is -2.19. The van der Waals surface area contributed by atoms with Gasteiger partial charge < -0.3 is 23.9 Å². The van der Waals surface area contributed by atoms with Gasteiger partial charge in [0.15, 0.2) is 16.7 Å². The molecular formula is C26H27N3O6S. The van der Waals surface area contributed by atoms with Crippen molar-refractivity contribution in [2.45, 2.75) is 30.3 Å². The Kier molecular flexibility index (Phi) is 7.84. The molecule has 0 aliphatic heterocycles. The summed E-state index contributed by atoms with van der Waals surface area (Å²) in [6.07, 6.45) is 2.05. The third kappa shape index (κ3) is 5.18. The van der Waals surface area contributed by atoms with Gasteiger partial charge in [-0.3, -0.25) is 14.2 Å². The first kappa shape index (κ1) is 25.2. The summed E-state index contributed by atoms with van der Waals surface area (Å²) in [5.74, 6) is 1.81. The molecule has 0 radical (unpaired) electrons. The number of methoxy groups -OCH3 is 3. The normalized spacial score (nSPS) is 11.8. The number of carbonyl (C=O) groups excluding carboxylic acids is 1. The predicted molar refractivity (Wildman–Crippen MR) is 138 cm³/mol. The monoisotopic (exact) mass is 509 g/mol. The van der Waals surface area contributed by atoms with Crippen LogP contribution >= 0.6 is 11.8 Å². The van der Waals surface area contributed by atoms with Gasteiger partial charge in [-0.25, -0.2) is 4.98 Å². The van der Waals surface area contributed by atoms with Crippen LogP contribution in [0, 0.1) is 0 Å². The number of amides is 1. The molecule has 1 N–H and O–H groups in total. The third-order valence-corrected chi connectivity index (χ3v) is 6.95. The van der Waals surface area contributed by atoms with Crippen molar-refractivity contribution in [2.75, 3.05) is 26.6 Å². The van der Waals surface area contributed by atoms with E-state index in [-0.39, 0.29) is 18.0 Å². The molecule has 36 heavy (non-hydrogen) atoms. The van der Waals surface area contributed by atoms with Crippen molar-refractivity contribution in [1.82, 2.24) is 9.55 Å². The SMILES string of the molecule is CC[C@@H](Sc1nc2cc(OC)c(OC)cc2c(=O)n1Cc1ccco1)C(=O)Nc1ccccc1OC. The summed E-state index contributed by atoms with van der Waals surface area (Å²) in [5, 5.41) is 3.16. The van der Waals surface area contributed by atoms with Gasteiger partial charge in [-0.15, -0.1) is 0 Å². The highest BCUT2D eigenvalue weighted by Gasteiger charge is 2.24. The Balaban J connectivity index is 1.75. The van der Waals surface area contributed by atoms with E-state index in [4.69, 9.17) is 23.6 Å². The lowest BCUT2D eigenvalue weighted by molar-refractivity contribution is -0.115. The first-order valence-electron chi connectivity index (χ1n) is 11.3. The van der Waals surface area contributed by atoms with Crippen LogP contribution in [0.1, 0.15) is 19.1 Å². The maximum atomic E-state index is 13.6. The second kappa shape index (κ2) is 11.2. The summed E-state index contributed by atoms with van der Waals surface area (Å²) in [4.78, 5) is 31.6. The highest BCUT2D eigenvalue weighted by atomic mass is 32.2. The standard InChI is InChI=1S/C26H27N3O6S/c1-5-23(24(30)27-18-10-6-7-11-20(18)32-2)36-26-28-19-14-22(34-4)21(33-3)13-17(19)25(31)29(26)15-16-9-8-12-35-16/h6-14,23H,5,15H2,1-4H3,(H,27,30)/t23-/m1/s1. The Morgan fingerprint density at radius 3 is 2.44 bits per heavy atom. The highest BCUT2D eigenvalue weighted by molar-refractivity contribution is 8.00. The molecule has 0 saturated heterocycles. The van der Waals surface area contributed by atoms with E-state index < -0.39 is 5.25 Å². The van der Waals surface area contributed by atoms with Gasteiger partial charge >= 0.3 is 0 Å². The molecule has 9 nitrogen and oxygen atoms in total. The Morgan fingerprint density at radius 2 is 1.78 bits per heavy atom. The van der Waals surface area contributed by atoms with Crippen molar-refractivity contribution in [3.05, 3.63) is 70.9 Å². The summed E-state index contributed by atoms with van der Waals surface area (Å²) >= 11 is 1.22. The number of furan rings is 1. The third-order valence-electron chi connectivity index (χ3n) is 5.59.